The lowest BCUT2D eigenvalue weighted by atomic mass is 10.0. The van der Waals surface area contributed by atoms with Crippen LogP contribution in [0, 0.1) is 17.5 Å². The average molecular weight is 473 g/mol. The molecule has 0 aliphatic rings. The number of alkyl carbamates (subject to hydrolysis) is 1. The first-order valence-corrected chi connectivity index (χ1v) is 10.1. The molecule has 0 saturated heterocycles. The lowest BCUT2D eigenvalue weighted by Gasteiger charge is -2.20. The minimum atomic E-state index is -1.08. The monoisotopic (exact) mass is 472 g/mol. The number of hydrogen-bond acceptors (Lipinski definition) is 5. The number of nitrogens with one attached hydrogen (secondary N) is 2. The molecule has 32 heavy (non-hydrogen) atoms. The lowest BCUT2D eigenvalue weighted by Crippen LogP contribution is -2.33. The first-order chi connectivity index (χ1) is 14.9. The van der Waals surface area contributed by atoms with E-state index >= 15 is 0 Å². The average Bonchev–Trinajstić information content (AvgIpc) is 2.70. The molecule has 0 radical (unpaired) electrons. The smallest absolute Gasteiger partial charge is 0.407 e. The molecule has 0 atom stereocenters. The summed E-state index contributed by atoms with van der Waals surface area (Å²) in [4.78, 5) is 23.7. The number of esters is 1. The molecule has 0 saturated carbocycles. The van der Waals surface area contributed by atoms with E-state index in [1.165, 1.54) is 6.07 Å². The molecule has 2 aromatic carbocycles. The Morgan fingerprint density at radius 3 is 2.38 bits per heavy atom. The van der Waals surface area contributed by atoms with E-state index in [2.05, 4.69) is 15.4 Å². The van der Waals surface area contributed by atoms with Crippen LogP contribution >= 0.6 is 11.6 Å². The summed E-state index contributed by atoms with van der Waals surface area (Å²) in [7, 11) is 1.12. The highest BCUT2D eigenvalue weighted by Crippen LogP contribution is 2.31. The number of hydrogen-bond donors (Lipinski definition) is 2. The molecule has 0 fully saturated rings. The highest BCUT2D eigenvalue weighted by atomic mass is 35.5. The zero-order valence-electron chi connectivity index (χ0n) is 18.1. The third kappa shape index (κ3) is 6.78. The maximum Gasteiger partial charge on any atom is 0.407 e. The van der Waals surface area contributed by atoms with E-state index in [0.717, 1.165) is 25.3 Å². The normalized spacial score (nSPS) is 11.1. The molecule has 6 nitrogen and oxygen atoms in total. The van der Waals surface area contributed by atoms with E-state index in [9.17, 15) is 22.8 Å². The van der Waals surface area contributed by atoms with Crippen LogP contribution in [0.1, 0.15) is 43.1 Å². The van der Waals surface area contributed by atoms with Crippen LogP contribution in [0.25, 0.3) is 0 Å². The van der Waals surface area contributed by atoms with Gasteiger partial charge in [0.05, 0.1) is 23.4 Å². The molecule has 10 heteroatoms. The molecule has 0 heterocycles. The van der Waals surface area contributed by atoms with Crippen molar-refractivity contribution < 1.29 is 32.2 Å². The summed E-state index contributed by atoms with van der Waals surface area (Å²) in [5, 5.41) is 5.07. The number of rotatable bonds is 7. The van der Waals surface area contributed by atoms with Gasteiger partial charge >= 0.3 is 12.1 Å². The van der Waals surface area contributed by atoms with Gasteiger partial charge in [0, 0.05) is 17.8 Å². The van der Waals surface area contributed by atoms with Crippen LogP contribution < -0.4 is 10.6 Å². The predicted octanol–water partition coefficient (Wildman–Crippen LogP) is 5.74. The Morgan fingerprint density at radius 1 is 1.06 bits per heavy atom. The fraction of sp³-hybridized carbons (Fsp3) is 0.364. The van der Waals surface area contributed by atoms with Crippen LogP contribution in [0.4, 0.5) is 29.3 Å². The Kier molecular flexibility index (Phi) is 8.38. The minimum Gasteiger partial charge on any atom is -0.465 e. The molecular formula is C22H24ClF3N2O4. The van der Waals surface area contributed by atoms with E-state index in [4.69, 9.17) is 16.3 Å². The van der Waals surface area contributed by atoms with Gasteiger partial charge < -0.3 is 20.1 Å². The van der Waals surface area contributed by atoms with Crippen LogP contribution in [-0.2, 0) is 15.9 Å². The van der Waals surface area contributed by atoms with E-state index in [1.54, 1.807) is 20.8 Å². The van der Waals surface area contributed by atoms with Crippen molar-refractivity contribution in [2.45, 2.75) is 39.2 Å². The Hall–Kier alpha value is -2.94. The van der Waals surface area contributed by atoms with E-state index in [0.29, 0.717) is 0 Å². The second-order valence-electron chi connectivity index (χ2n) is 7.85. The molecule has 0 bridgehead atoms. The summed E-state index contributed by atoms with van der Waals surface area (Å²) in [6.07, 6.45) is -0.314. The first-order valence-electron chi connectivity index (χ1n) is 9.71. The Bertz CT molecular complexity index is 1010. The summed E-state index contributed by atoms with van der Waals surface area (Å²) >= 11 is 5.82. The first kappa shape index (κ1) is 25.3. The SMILES string of the molecule is COC(=O)c1cc(F)c(Cl)cc1Nc1ccc(F)c(F)c1CCCNC(=O)OC(C)(C)C. The molecule has 0 unspecified atom stereocenters. The summed E-state index contributed by atoms with van der Waals surface area (Å²) in [6.45, 7) is 5.31. The summed E-state index contributed by atoms with van der Waals surface area (Å²) in [5.41, 5.74) is -0.649. The van der Waals surface area contributed by atoms with Gasteiger partial charge in [-0.25, -0.2) is 22.8 Å². The number of ether oxygens (including phenoxy) is 2. The lowest BCUT2D eigenvalue weighted by molar-refractivity contribution is 0.0526. The fourth-order valence-electron chi connectivity index (χ4n) is 2.80. The number of anilines is 2. The van der Waals surface area contributed by atoms with Gasteiger partial charge in [-0.05, 0) is 57.9 Å². The summed E-state index contributed by atoms with van der Waals surface area (Å²) in [6, 6.07) is 4.25. The van der Waals surface area contributed by atoms with Gasteiger partial charge in [0.1, 0.15) is 11.4 Å². The molecule has 1 amide bonds. The predicted molar refractivity (Wildman–Crippen MR) is 115 cm³/mol. The maximum absolute atomic E-state index is 14.5. The minimum absolute atomic E-state index is 0.0211. The second-order valence-corrected chi connectivity index (χ2v) is 8.26. The zero-order valence-corrected chi connectivity index (χ0v) is 18.8. The second kappa shape index (κ2) is 10.6. The molecule has 0 aliphatic heterocycles. The van der Waals surface area contributed by atoms with Crippen molar-refractivity contribution in [1.82, 2.24) is 5.32 Å². The van der Waals surface area contributed by atoms with Crippen LogP contribution in [0.2, 0.25) is 5.02 Å². The molecule has 2 N–H and O–H groups in total. The van der Waals surface area contributed by atoms with Crippen LogP contribution in [-0.4, -0.2) is 31.3 Å². The number of carbonyl (C=O) groups is 2. The number of methoxy groups -OCH3 is 1. The van der Waals surface area contributed by atoms with Crippen LogP contribution in [0.15, 0.2) is 24.3 Å². The molecule has 174 valence electrons. The van der Waals surface area contributed by atoms with Gasteiger partial charge in [0.15, 0.2) is 11.6 Å². The van der Waals surface area contributed by atoms with Crippen molar-refractivity contribution >= 4 is 35.0 Å². The van der Waals surface area contributed by atoms with Crippen molar-refractivity contribution in [2.24, 2.45) is 0 Å². The summed E-state index contributed by atoms with van der Waals surface area (Å²) in [5.74, 6) is -3.82. The Morgan fingerprint density at radius 2 is 1.75 bits per heavy atom. The molecule has 2 rings (SSSR count). The highest BCUT2D eigenvalue weighted by molar-refractivity contribution is 6.31. The quantitative estimate of drug-likeness (QED) is 0.396. The number of amides is 1. The Labute approximate surface area is 189 Å². The maximum atomic E-state index is 14.5. The van der Waals surface area contributed by atoms with Gasteiger partial charge in [0.25, 0.3) is 0 Å². The summed E-state index contributed by atoms with van der Waals surface area (Å²) < 4.78 is 52.0. The topological polar surface area (TPSA) is 76.7 Å². The van der Waals surface area contributed by atoms with Gasteiger partial charge in [-0.2, -0.15) is 0 Å². The highest BCUT2D eigenvalue weighted by Gasteiger charge is 2.20. The number of halogens is 4. The molecule has 0 aliphatic carbocycles. The van der Waals surface area contributed by atoms with Gasteiger partial charge in [-0.1, -0.05) is 11.6 Å². The van der Waals surface area contributed by atoms with Crippen molar-refractivity contribution in [3.05, 3.63) is 57.9 Å². The molecular weight excluding hydrogens is 449 g/mol. The van der Waals surface area contributed by atoms with E-state index < -0.39 is 35.1 Å². The number of carbonyl (C=O) groups excluding carboxylic acids is 2. The van der Waals surface area contributed by atoms with E-state index in [1.807, 2.05) is 0 Å². The van der Waals surface area contributed by atoms with Crippen molar-refractivity contribution in [3.8, 4) is 0 Å². The fourth-order valence-corrected chi connectivity index (χ4v) is 2.96. The Balaban J connectivity index is 2.23. The zero-order chi connectivity index (χ0) is 24.1. The van der Waals surface area contributed by atoms with Crippen LogP contribution in [0.3, 0.4) is 0 Å². The van der Waals surface area contributed by atoms with Gasteiger partial charge in [-0.15, -0.1) is 0 Å². The van der Waals surface area contributed by atoms with Crippen molar-refractivity contribution in [2.75, 3.05) is 19.0 Å². The van der Waals surface area contributed by atoms with Gasteiger partial charge in [0.2, 0.25) is 0 Å². The third-order valence-electron chi connectivity index (χ3n) is 4.20. The number of benzene rings is 2. The van der Waals surface area contributed by atoms with Gasteiger partial charge in [-0.3, -0.25) is 0 Å². The third-order valence-corrected chi connectivity index (χ3v) is 4.49. The van der Waals surface area contributed by atoms with Crippen molar-refractivity contribution in [1.29, 1.82) is 0 Å². The standard InChI is InChI=1S/C22H24ClF3N2O4/c1-22(2,3)32-21(30)27-9-5-6-12-17(8-7-15(24)19(12)26)28-18-11-14(23)16(25)10-13(18)20(29)31-4/h7-8,10-11,28H,5-6,9H2,1-4H3,(H,27,30). The van der Waals surface area contributed by atoms with Crippen molar-refractivity contribution in [3.63, 3.8) is 0 Å². The van der Waals surface area contributed by atoms with Crippen LogP contribution in [0.5, 0.6) is 0 Å². The largest absolute Gasteiger partial charge is 0.465 e. The molecule has 0 spiro atoms. The molecule has 2 aromatic rings. The molecule has 0 aromatic heterocycles. The van der Waals surface area contributed by atoms with E-state index in [-0.39, 0.29) is 46.9 Å².